The van der Waals surface area contributed by atoms with E-state index >= 15 is 0 Å². The largest absolute Gasteiger partial charge is 0.259 e. The Morgan fingerprint density at radius 1 is 1.00 bits per heavy atom. The molecule has 0 aliphatic heterocycles. The van der Waals surface area contributed by atoms with Crippen LogP contribution >= 0.6 is 0 Å². The van der Waals surface area contributed by atoms with E-state index in [9.17, 15) is 4.21 Å². The Morgan fingerprint density at radius 2 is 1.56 bits per heavy atom. The lowest BCUT2D eigenvalue weighted by atomic mass is 9.56. The molecule has 0 N–H and O–H groups in total. The van der Waals surface area contributed by atoms with Crippen molar-refractivity contribution in [1.29, 1.82) is 0 Å². The van der Waals surface area contributed by atoms with Gasteiger partial charge in [-0.2, -0.15) is 0 Å². The fraction of sp³-hybridized carbons (Fsp3) is 1.00. The van der Waals surface area contributed by atoms with Crippen LogP contribution in [-0.4, -0.2) is 15.2 Å². The van der Waals surface area contributed by atoms with E-state index in [0.29, 0.717) is 5.25 Å². The molecule has 0 spiro atoms. The lowest BCUT2D eigenvalue weighted by molar-refractivity contribution is 0.0252. The highest BCUT2D eigenvalue weighted by Gasteiger charge is 2.49. The molecule has 0 aromatic rings. The highest BCUT2D eigenvalue weighted by molar-refractivity contribution is 7.85. The van der Waals surface area contributed by atoms with Gasteiger partial charge < -0.3 is 0 Å². The minimum atomic E-state index is -0.510. The summed E-state index contributed by atoms with van der Waals surface area (Å²) in [6.45, 7) is 2.20. The molecule has 4 fully saturated rings. The molecule has 92 valence electrons. The number of hydrogen-bond acceptors (Lipinski definition) is 1. The number of hydrogen-bond donors (Lipinski definition) is 0. The number of rotatable bonds is 4. The zero-order chi connectivity index (χ0) is 11.1. The topological polar surface area (TPSA) is 17.1 Å². The highest BCUT2D eigenvalue weighted by atomic mass is 32.2. The van der Waals surface area contributed by atoms with E-state index in [1.54, 1.807) is 0 Å². The monoisotopic (exact) mass is 240 g/mol. The molecule has 1 atom stereocenters. The summed E-state index contributed by atoms with van der Waals surface area (Å²) in [7, 11) is -0.510. The second-order valence-corrected chi connectivity index (χ2v) is 8.05. The molecule has 0 aromatic heterocycles. The SMILES string of the molecule is CCCC[S@@](=O)C1C2CC3CC(C2)CC1C3. The molecule has 0 amide bonds. The first-order valence-corrected chi connectivity index (χ1v) is 8.53. The van der Waals surface area contributed by atoms with Crippen molar-refractivity contribution in [1.82, 2.24) is 0 Å². The van der Waals surface area contributed by atoms with Gasteiger partial charge >= 0.3 is 0 Å². The van der Waals surface area contributed by atoms with Gasteiger partial charge in [-0.05, 0) is 62.2 Å². The minimum absolute atomic E-state index is 0.510. The average molecular weight is 240 g/mol. The lowest BCUT2D eigenvalue weighted by Crippen LogP contribution is -2.50. The molecule has 0 unspecified atom stereocenters. The summed E-state index contributed by atoms with van der Waals surface area (Å²) in [6.07, 6.45) is 9.51. The quantitative estimate of drug-likeness (QED) is 0.736. The van der Waals surface area contributed by atoms with Crippen molar-refractivity contribution < 1.29 is 4.21 Å². The molecule has 0 saturated heterocycles. The normalized spacial score (nSPS) is 47.2. The van der Waals surface area contributed by atoms with Crippen LogP contribution in [0.2, 0.25) is 0 Å². The van der Waals surface area contributed by atoms with Crippen LogP contribution in [0.5, 0.6) is 0 Å². The van der Waals surface area contributed by atoms with Crippen LogP contribution in [0.3, 0.4) is 0 Å². The van der Waals surface area contributed by atoms with Crippen molar-refractivity contribution in [3.63, 3.8) is 0 Å². The first kappa shape index (κ1) is 11.3. The Morgan fingerprint density at radius 3 is 2.06 bits per heavy atom. The van der Waals surface area contributed by atoms with Crippen LogP contribution in [0.1, 0.15) is 51.9 Å². The minimum Gasteiger partial charge on any atom is -0.259 e. The van der Waals surface area contributed by atoms with Gasteiger partial charge in [0.15, 0.2) is 0 Å². The van der Waals surface area contributed by atoms with Gasteiger partial charge in [0.1, 0.15) is 0 Å². The van der Waals surface area contributed by atoms with E-state index < -0.39 is 10.8 Å². The van der Waals surface area contributed by atoms with E-state index in [4.69, 9.17) is 0 Å². The van der Waals surface area contributed by atoms with Crippen LogP contribution < -0.4 is 0 Å². The van der Waals surface area contributed by atoms with Gasteiger partial charge in [-0.3, -0.25) is 4.21 Å². The molecule has 0 heterocycles. The van der Waals surface area contributed by atoms with Crippen LogP contribution in [-0.2, 0) is 10.8 Å². The maximum absolute atomic E-state index is 12.4. The molecule has 1 nitrogen and oxygen atoms in total. The van der Waals surface area contributed by atoms with E-state index in [2.05, 4.69) is 6.92 Å². The third-order valence-corrected chi connectivity index (χ3v) is 7.21. The van der Waals surface area contributed by atoms with Crippen LogP contribution in [0.4, 0.5) is 0 Å². The van der Waals surface area contributed by atoms with Crippen LogP contribution in [0.15, 0.2) is 0 Å². The van der Waals surface area contributed by atoms with Crippen molar-refractivity contribution in [3.05, 3.63) is 0 Å². The van der Waals surface area contributed by atoms with Crippen molar-refractivity contribution in [2.45, 2.75) is 57.1 Å². The molecular formula is C14H24OS. The molecule has 4 saturated carbocycles. The van der Waals surface area contributed by atoms with E-state index in [0.717, 1.165) is 35.8 Å². The predicted octanol–water partition coefficient (Wildman–Crippen LogP) is 3.36. The summed E-state index contributed by atoms with van der Waals surface area (Å²) in [5.41, 5.74) is 0. The predicted molar refractivity (Wildman–Crippen MR) is 68.8 cm³/mol. The summed E-state index contributed by atoms with van der Waals surface area (Å²) in [5, 5.41) is 0.597. The van der Waals surface area contributed by atoms with E-state index in [1.165, 1.54) is 38.5 Å². The molecule has 4 aliphatic carbocycles. The maximum Gasteiger partial charge on any atom is 0.0404 e. The third kappa shape index (κ3) is 1.87. The first-order valence-electron chi connectivity index (χ1n) is 7.15. The summed E-state index contributed by atoms with van der Waals surface area (Å²) in [5.74, 6) is 4.69. The average Bonchev–Trinajstić information content (AvgIpc) is 2.24. The van der Waals surface area contributed by atoms with Gasteiger partial charge in [0.05, 0.1) is 0 Å². The summed E-state index contributed by atoms with van der Waals surface area (Å²) in [6, 6.07) is 0. The molecule has 4 bridgehead atoms. The van der Waals surface area contributed by atoms with Gasteiger partial charge in [0.25, 0.3) is 0 Å². The molecule has 0 radical (unpaired) electrons. The van der Waals surface area contributed by atoms with Crippen molar-refractivity contribution >= 4 is 10.8 Å². The maximum atomic E-state index is 12.4. The second-order valence-electron chi connectivity index (χ2n) is 6.33. The highest BCUT2D eigenvalue weighted by Crippen LogP contribution is 2.55. The molecule has 4 aliphatic rings. The molecule has 2 heteroatoms. The van der Waals surface area contributed by atoms with Gasteiger partial charge in [-0.1, -0.05) is 13.3 Å². The van der Waals surface area contributed by atoms with E-state index in [1.807, 2.05) is 0 Å². The molecule has 0 aromatic carbocycles. The first-order chi connectivity index (χ1) is 7.78. The zero-order valence-electron chi connectivity index (χ0n) is 10.4. The Labute approximate surface area is 102 Å². The Kier molecular flexibility index (Phi) is 3.12. The fourth-order valence-electron chi connectivity index (χ4n) is 4.73. The molecule has 16 heavy (non-hydrogen) atoms. The zero-order valence-corrected chi connectivity index (χ0v) is 11.2. The van der Waals surface area contributed by atoms with Gasteiger partial charge in [-0.15, -0.1) is 0 Å². The van der Waals surface area contributed by atoms with Crippen molar-refractivity contribution in [3.8, 4) is 0 Å². The Balaban J connectivity index is 1.69. The third-order valence-electron chi connectivity index (χ3n) is 5.14. The van der Waals surface area contributed by atoms with Crippen molar-refractivity contribution in [2.75, 3.05) is 5.75 Å². The smallest absolute Gasteiger partial charge is 0.0404 e. The van der Waals surface area contributed by atoms with Gasteiger partial charge in [0, 0.05) is 21.8 Å². The molecule has 4 rings (SSSR count). The molecular weight excluding hydrogens is 216 g/mol. The van der Waals surface area contributed by atoms with Crippen LogP contribution in [0.25, 0.3) is 0 Å². The standard InChI is InChI=1S/C14H24OS/c1-2-3-4-16(15)14-12-6-10-5-11(8-12)9-13(14)7-10/h10-14H,2-9H2,1H3/t10?,11?,12?,13?,14?,16-/m1/s1. The van der Waals surface area contributed by atoms with Gasteiger partial charge in [0.2, 0.25) is 0 Å². The Bertz CT molecular complexity index is 258. The lowest BCUT2D eigenvalue weighted by Gasteiger charge is -2.53. The Hall–Kier alpha value is 0.150. The summed E-state index contributed by atoms with van der Waals surface area (Å²) < 4.78 is 12.4. The van der Waals surface area contributed by atoms with E-state index in [-0.39, 0.29) is 0 Å². The summed E-state index contributed by atoms with van der Waals surface area (Å²) >= 11 is 0. The fourth-order valence-corrected chi connectivity index (χ4v) is 6.88. The van der Waals surface area contributed by atoms with Crippen LogP contribution in [0, 0.1) is 23.7 Å². The number of unbranched alkanes of at least 4 members (excludes halogenated alkanes) is 1. The van der Waals surface area contributed by atoms with Crippen molar-refractivity contribution in [2.24, 2.45) is 23.7 Å². The van der Waals surface area contributed by atoms with Gasteiger partial charge in [-0.25, -0.2) is 0 Å². The summed E-state index contributed by atoms with van der Waals surface area (Å²) in [4.78, 5) is 0. The second kappa shape index (κ2) is 4.44.